The fourth-order valence-corrected chi connectivity index (χ4v) is 2.78. The van der Waals surface area contributed by atoms with Crippen molar-refractivity contribution in [2.24, 2.45) is 0 Å². The third kappa shape index (κ3) is 4.27. The van der Waals surface area contributed by atoms with Gasteiger partial charge in [-0.3, -0.25) is 9.88 Å². The summed E-state index contributed by atoms with van der Waals surface area (Å²) >= 11 is 0. The van der Waals surface area contributed by atoms with Crippen molar-refractivity contribution in [1.29, 1.82) is 0 Å². The van der Waals surface area contributed by atoms with Gasteiger partial charge >= 0.3 is 0 Å². The molecule has 1 aromatic heterocycles. The molecule has 0 amide bonds. The van der Waals surface area contributed by atoms with Crippen molar-refractivity contribution in [2.75, 3.05) is 32.8 Å². The van der Waals surface area contributed by atoms with Crippen LogP contribution in [0.25, 0.3) is 0 Å². The zero-order chi connectivity index (χ0) is 14.2. The van der Waals surface area contributed by atoms with Crippen LogP contribution >= 0.6 is 0 Å². The first kappa shape index (κ1) is 15.4. The maximum Gasteiger partial charge on any atom is 0.0594 e. The van der Waals surface area contributed by atoms with Crippen LogP contribution < -0.4 is 5.32 Å². The maximum atomic E-state index is 5.48. The zero-order valence-corrected chi connectivity index (χ0v) is 12.7. The summed E-state index contributed by atoms with van der Waals surface area (Å²) in [5.41, 5.74) is 1.30. The number of morpholine rings is 1. The Balaban J connectivity index is 2.03. The number of hydrogen-bond donors (Lipinski definition) is 1. The summed E-state index contributed by atoms with van der Waals surface area (Å²) in [6, 6.07) is 5.21. The minimum absolute atomic E-state index is 0.396. The van der Waals surface area contributed by atoms with Crippen LogP contribution in [0.15, 0.2) is 24.5 Å². The van der Waals surface area contributed by atoms with E-state index in [9.17, 15) is 0 Å². The van der Waals surface area contributed by atoms with E-state index in [2.05, 4.69) is 35.1 Å². The van der Waals surface area contributed by atoms with Crippen molar-refractivity contribution in [3.63, 3.8) is 0 Å². The van der Waals surface area contributed by atoms with E-state index in [0.717, 1.165) is 32.8 Å². The normalized spacial score (nSPS) is 18.4. The van der Waals surface area contributed by atoms with E-state index in [1.807, 2.05) is 18.5 Å². The van der Waals surface area contributed by atoms with Crippen molar-refractivity contribution >= 4 is 0 Å². The summed E-state index contributed by atoms with van der Waals surface area (Å²) in [6.07, 6.45) is 6.20. The molecule has 1 N–H and O–H groups in total. The van der Waals surface area contributed by atoms with Crippen molar-refractivity contribution in [3.05, 3.63) is 30.1 Å². The first-order valence-corrected chi connectivity index (χ1v) is 7.80. The van der Waals surface area contributed by atoms with E-state index in [1.54, 1.807) is 0 Å². The van der Waals surface area contributed by atoms with E-state index in [1.165, 1.54) is 18.4 Å². The van der Waals surface area contributed by atoms with Gasteiger partial charge in [0.05, 0.1) is 13.2 Å². The molecular weight excluding hydrogens is 250 g/mol. The number of rotatable bonds is 7. The van der Waals surface area contributed by atoms with Gasteiger partial charge in [0.25, 0.3) is 0 Å². The Kier molecular flexibility index (Phi) is 6.43. The Hall–Kier alpha value is -0.970. The average Bonchev–Trinajstić information content (AvgIpc) is 2.53. The van der Waals surface area contributed by atoms with Gasteiger partial charge in [0.15, 0.2) is 0 Å². The van der Waals surface area contributed by atoms with Crippen LogP contribution in [0.2, 0.25) is 0 Å². The molecule has 4 nitrogen and oxygen atoms in total. The molecule has 20 heavy (non-hydrogen) atoms. The molecule has 0 saturated carbocycles. The predicted molar refractivity (Wildman–Crippen MR) is 81.7 cm³/mol. The summed E-state index contributed by atoms with van der Waals surface area (Å²) < 4.78 is 5.48. The molecule has 1 atom stereocenters. The van der Waals surface area contributed by atoms with Crippen LogP contribution in [0.5, 0.6) is 0 Å². The van der Waals surface area contributed by atoms with Gasteiger partial charge in [0.2, 0.25) is 0 Å². The Bertz CT molecular complexity index is 361. The maximum absolute atomic E-state index is 5.48. The molecule has 0 bridgehead atoms. The second-order valence-corrected chi connectivity index (χ2v) is 5.37. The molecule has 0 radical (unpaired) electrons. The topological polar surface area (TPSA) is 37.4 Å². The predicted octanol–water partition coefficient (Wildman–Crippen LogP) is 2.23. The molecule has 0 aromatic carbocycles. The van der Waals surface area contributed by atoms with Crippen molar-refractivity contribution in [2.45, 2.75) is 38.8 Å². The lowest BCUT2D eigenvalue weighted by molar-refractivity contribution is 0.0155. The highest BCUT2D eigenvalue weighted by Crippen LogP contribution is 2.20. The third-order valence-electron chi connectivity index (χ3n) is 4.14. The molecular formula is C16H27N3O. The minimum atomic E-state index is 0.396. The lowest BCUT2D eigenvalue weighted by Crippen LogP contribution is -2.44. The number of nitrogens with one attached hydrogen (secondary N) is 1. The van der Waals surface area contributed by atoms with E-state index in [0.29, 0.717) is 12.1 Å². The quantitative estimate of drug-likeness (QED) is 0.829. The Morgan fingerprint density at radius 1 is 1.30 bits per heavy atom. The Morgan fingerprint density at radius 2 is 2.05 bits per heavy atom. The lowest BCUT2D eigenvalue weighted by Gasteiger charge is -2.35. The first-order chi connectivity index (χ1) is 9.85. The van der Waals surface area contributed by atoms with Gasteiger partial charge in [-0.15, -0.1) is 0 Å². The number of hydrogen-bond acceptors (Lipinski definition) is 4. The molecule has 1 aliphatic heterocycles. The van der Waals surface area contributed by atoms with E-state index >= 15 is 0 Å². The molecule has 1 aromatic rings. The van der Waals surface area contributed by atoms with Crippen LogP contribution in [-0.4, -0.2) is 48.8 Å². The zero-order valence-electron chi connectivity index (χ0n) is 12.7. The molecule has 4 heteroatoms. The second kappa shape index (κ2) is 8.35. The smallest absolute Gasteiger partial charge is 0.0594 e. The average molecular weight is 277 g/mol. The van der Waals surface area contributed by atoms with Gasteiger partial charge in [-0.05, 0) is 24.5 Å². The fourth-order valence-electron chi connectivity index (χ4n) is 2.78. The van der Waals surface area contributed by atoms with Gasteiger partial charge < -0.3 is 10.1 Å². The number of ether oxygens (including phenoxy) is 1. The molecule has 2 rings (SSSR count). The molecule has 1 fully saturated rings. The van der Waals surface area contributed by atoms with Crippen LogP contribution in [-0.2, 0) is 4.74 Å². The highest BCUT2D eigenvalue weighted by Gasteiger charge is 2.23. The Morgan fingerprint density at radius 3 is 2.65 bits per heavy atom. The molecule has 112 valence electrons. The van der Waals surface area contributed by atoms with Gasteiger partial charge in [-0.1, -0.05) is 19.9 Å². The number of nitrogens with zero attached hydrogens (tertiary/aromatic N) is 2. The van der Waals surface area contributed by atoms with E-state index in [4.69, 9.17) is 4.74 Å². The molecule has 1 aliphatic rings. The summed E-state index contributed by atoms with van der Waals surface area (Å²) in [5.74, 6) is 0. The molecule has 2 heterocycles. The lowest BCUT2D eigenvalue weighted by atomic mass is 10.1. The Labute approximate surface area is 122 Å². The molecule has 0 aliphatic carbocycles. The number of pyridine rings is 1. The largest absolute Gasteiger partial charge is 0.379 e. The molecule has 0 spiro atoms. The van der Waals surface area contributed by atoms with Crippen LogP contribution in [0, 0.1) is 0 Å². The van der Waals surface area contributed by atoms with Crippen LogP contribution in [0.3, 0.4) is 0 Å². The van der Waals surface area contributed by atoms with Crippen molar-refractivity contribution in [3.8, 4) is 0 Å². The van der Waals surface area contributed by atoms with Crippen molar-refractivity contribution < 1.29 is 4.74 Å². The van der Waals surface area contributed by atoms with Gasteiger partial charge in [0.1, 0.15) is 0 Å². The standard InChI is InChI=1S/C16H27N3O/c1-3-15(4-2)18-13-16(14-6-5-7-17-12-14)19-8-10-20-11-9-19/h5-7,12,15-16,18H,3-4,8-11,13H2,1-2H3/t16-/m1/s1. The highest BCUT2D eigenvalue weighted by atomic mass is 16.5. The first-order valence-electron chi connectivity index (χ1n) is 7.80. The summed E-state index contributed by atoms with van der Waals surface area (Å²) in [6.45, 7) is 9.15. The summed E-state index contributed by atoms with van der Waals surface area (Å²) in [7, 11) is 0. The van der Waals surface area contributed by atoms with Gasteiger partial charge in [0, 0.05) is 44.1 Å². The molecule has 1 saturated heterocycles. The number of aromatic nitrogens is 1. The fraction of sp³-hybridized carbons (Fsp3) is 0.688. The monoisotopic (exact) mass is 277 g/mol. The van der Waals surface area contributed by atoms with E-state index in [-0.39, 0.29) is 0 Å². The van der Waals surface area contributed by atoms with Gasteiger partial charge in [-0.25, -0.2) is 0 Å². The third-order valence-corrected chi connectivity index (χ3v) is 4.14. The second-order valence-electron chi connectivity index (χ2n) is 5.37. The summed E-state index contributed by atoms with van der Waals surface area (Å²) in [5, 5.41) is 3.70. The SMILES string of the molecule is CCC(CC)NC[C@H](c1cccnc1)N1CCOCC1. The van der Waals surface area contributed by atoms with Crippen LogP contribution in [0.1, 0.15) is 38.3 Å². The molecule has 0 unspecified atom stereocenters. The minimum Gasteiger partial charge on any atom is -0.379 e. The van der Waals surface area contributed by atoms with Crippen LogP contribution in [0.4, 0.5) is 0 Å². The van der Waals surface area contributed by atoms with Gasteiger partial charge in [-0.2, -0.15) is 0 Å². The highest BCUT2D eigenvalue weighted by molar-refractivity contribution is 5.15. The van der Waals surface area contributed by atoms with E-state index < -0.39 is 0 Å². The van der Waals surface area contributed by atoms with Crippen molar-refractivity contribution in [1.82, 2.24) is 15.2 Å². The summed E-state index contributed by atoms with van der Waals surface area (Å²) in [4.78, 5) is 6.79.